The lowest BCUT2D eigenvalue weighted by atomic mass is 9.97. The van der Waals surface area contributed by atoms with E-state index in [1.807, 2.05) is 36.4 Å². The fourth-order valence-electron chi connectivity index (χ4n) is 7.08. The Morgan fingerprint density at radius 2 is 1.57 bits per heavy atom. The van der Waals surface area contributed by atoms with Crippen LogP contribution in [0.4, 0.5) is 0 Å². The van der Waals surface area contributed by atoms with Gasteiger partial charge in [0.25, 0.3) is 0 Å². The minimum Gasteiger partial charge on any atom is -0.481 e. The Balaban J connectivity index is 1.25. The first-order chi connectivity index (χ1) is 23.9. The van der Waals surface area contributed by atoms with E-state index in [2.05, 4.69) is 59.3 Å². The molecule has 3 atom stereocenters. The zero-order chi connectivity index (χ0) is 34.4. The van der Waals surface area contributed by atoms with Crippen molar-refractivity contribution in [2.45, 2.75) is 108 Å². The van der Waals surface area contributed by atoms with Gasteiger partial charge in [-0.05, 0) is 53.5 Å². The van der Waals surface area contributed by atoms with Crippen LogP contribution in [0.3, 0.4) is 0 Å². The second-order valence-electron chi connectivity index (χ2n) is 13.4. The number of hydrogen-bond acceptors (Lipinski definition) is 6. The number of carboxylic acids is 1. The molecule has 262 valence electrons. The number of carbonyl (C=O) groups excluding carboxylic acids is 1. The topological polar surface area (TPSA) is 108 Å². The average Bonchev–Trinajstić information content (AvgIpc) is 3.67. The van der Waals surface area contributed by atoms with Gasteiger partial charge in [-0.2, -0.15) is 0 Å². The lowest BCUT2D eigenvalue weighted by molar-refractivity contribution is -0.253. The molecule has 2 fully saturated rings. The minimum absolute atomic E-state index is 0.00433. The van der Waals surface area contributed by atoms with E-state index in [4.69, 9.17) is 14.6 Å². The van der Waals surface area contributed by atoms with Crippen LogP contribution in [-0.4, -0.2) is 52.2 Å². The van der Waals surface area contributed by atoms with Gasteiger partial charge in [-0.25, -0.2) is 0 Å². The third kappa shape index (κ3) is 10.8. The van der Waals surface area contributed by atoms with E-state index in [1.54, 1.807) is 0 Å². The highest BCUT2D eigenvalue weighted by atomic mass is 16.7. The van der Waals surface area contributed by atoms with Gasteiger partial charge in [0.1, 0.15) is 0 Å². The number of ether oxygens (including phenoxy) is 2. The Hall–Kier alpha value is -3.82. The molecule has 0 spiro atoms. The maximum absolute atomic E-state index is 12.5. The van der Waals surface area contributed by atoms with Gasteiger partial charge in [-0.1, -0.05) is 105 Å². The Kier molecular flexibility index (Phi) is 14.0. The molecule has 0 bridgehead atoms. The Morgan fingerprint density at radius 1 is 0.878 bits per heavy atom. The van der Waals surface area contributed by atoms with Crippen LogP contribution in [0.15, 0.2) is 85.5 Å². The summed E-state index contributed by atoms with van der Waals surface area (Å²) < 4.78 is 13.3. The van der Waals surface area contributed by atoms with Gasteiger partial charge in [-0.3, -0.25) is 14.5 Å². The predicted molar refractivity (Wildman–Crippen MR) is 192 cm³/mol. The Labute approximate surface area is 291 Å². The molecule has 3 N–H and O–H groups in total. The number of aliphatic hydroxyl groups excluding tert-OH is 1. The van der Waals surface area contributed by atoms with Crippen LogP contribution in [0.1, 0.15) is 105 Å². The monoisotopic (exact) mass is 668 g/mol. The molecule has 49 heavy (non-hydrogen) atoms. The lowest BCUT2D eigenvalue weighted by Crippen LogP contribution is -2.43. The number of unbranched alkanes of at least 4 members (excludes halogenated alkanes) is 3. The molecule has 0 unspecified atom stereocenters. The number of nitrogens with one attached hydrogen (secondary N) is 1. The SMILES string of the molecule is C=CCN(C[C@H]1C[C@@H](c2ccc(CO)cc2)O[C@@H](c2ccc(-c3ccccc3CNC(=O)CCCCCCC(=O)O)cc2)O1)C1CCCC1. The maximum atomic E-state index is 12.5. The summed E-state index contributed by atoms with van der Waals surface area (Å²) in [6.45, 7) is 6.14. The smallest absolute Gasteiger partial charge is 0.303 e. The van der Waals surface area contributed by atoms with E-state index in [9.17, 15) is 14.7 Å². The summed E-state index contributed by atoms with van der Waals surface area (Å²) in [5, 5.41) is 21.4. The highest BCUT2D eigenvalue weighted by Crippen LogP contribution is 2.39. The van der Waals surface area contributed by atoms with Crippen molar-refractivity contribution in [1.82, 2.24) is 10.2 Å². The number of rotatable bonds is 18. The molecule has 1 heterocycles. The van der Waals surface area contributed by atoms with Crippen molar-refractivity contribution in [1.29, 1.82) is 0 Å². The Bertz CT molecular complexity index is 1480. The van der Waals surface area contributed by atoms with Crippen LogP contribution >= 0.6 is 0 Å². The highest BCUT2D eigenvalue weighted by molar-refractivity contribution is 5.76. The first-order valence-corrected chi connectivity index (χ1v) is 18.0. The second-order valence-corrected chi connectivity index (χ2v) is 13.4. The summed E-state index contributed by atoms with van der Waals surface area (Å²) in [6, 6.07) is 25.0. The molecule has 5 rings (SSSR count). The minimum atomic E-state index is -0.772. The molecular weight excluding hydrogens is 616 g/mol. The molecule has 0 aromatic heterocycles. The van der Waals surface area contributed by atoms with E-state index in [-0.39, 0.29) is 31.1 Å². The van der Waals surface area contributed by atoms with E-state index >= 15 is 0 Å². The van der Waals surface area contributed by atoms with Crippen molar-refractivity contribution in [2.75, 3.05) is 13.1 Å². The maximum Gasteiger partial charge on any atom is 0.303 e. The van der Waals surface area contributed by atoms with Crippen LogP contribution in [0.5, 0.6) is 0 Å². The molecule has 0 radical (unpaired) electrons. The zero-order valence-corrected chi connectivity index (χ0v) is 28.6. The van der Waals surface area contributed by atoms with Crippen molar-refractivity contribution in [3.63, 3.8) is 0 Å². The number of carbonyl (C=O) groups is 2. The number of amides is 1. The van der Waals surface area contributed by atoms with Crippen molar-refractivity contribution < 1.29 is 29.3 Å². The van der Waals surface area contributed by atoms with Gasteiger partial charge >= 0.3 is 5.97 Å². The van der Waals surface area contributed by atoms with Gasteiger partial charge in [0, 0.05) is 50.5 Å². The second kappa shape index (κ2) is 18.8. The van der Waals surface area contributed by atoms with Gasteiger partial charge < -0.3 is 25.0 Å². The molecule has 8 nitrogen and oxygen atoms in total. The molecule has 1 amide bonds. The van der Waals surface area contributed by atoms with Crippen LogP contribution in [0.2, 0.25) is 0 Å². The molecule has 1 aliphatic heterocycles. The average molecular weight is 669 g/mol. The summed E-state index contributed by atoms with van der Waals surface area (Å²) in [4.78, 5) is 25.7. The molecule has 1 saturated carbocycles. The van der Waals surface area contributed by atoms with Crippen LogP contribution < -0.4 is 5.32 Å². The van der Waals surface area contributed by atoms with Crippen LogP contribution in [-0.2, 0) is 32.2 Å². The molecular formula is C41H52N2O6. The van der Waals surface area contributed by atoms with E-state index in [0.29, 0.717) is 25.4 Å². The van der Waals surface area contributed by atoms with Crippen molar-refractivity contribution in [3.05, 3.63) is 108 Å². The molecule has 8 heteroatoms. The van der Waals surface area contributed by atoms with E-state index in [0.717, 1.165) is 72.2 Å². The first-order valence-electron chi connectivity index (χ1n) is 18.0. The molecule has 1 saturated heterocycles. The molecule has 1 aliphatic carbocycles. The standard InChI is InChI=1S/C41H52N2O6/c1-2-25-43(35-12-8-9-13-35)28-36-26-38(32-19-17-30(29-44)18-20-32)49-41(48-36)33-23-21-31(22-24-33)37-14-10-7-11-34(37)27-42-39(45)15-5-3-4-6-16-40(46)47/h2,7,10-11,14,17-24,35-36,38,41,44H,1,3-6,8-9,12-13,15-16,25-29H2,(H,42,45)(H,46,47)/t36-,38+,41+/m1/s1. The van der Waals surface area contributed by atoms with E-state index < -0.39 is 12.3 Å². The van der Waals surface area contributed by atoms with Crippen LogP contribution in [0, 0.1) is 0 Å². The predicted octanol–water partition coefficient (Wildman–Crippen LogP) is 7.86. The molecule has 3 aromatic rings. The third-order valence-corrected chi connectivity index (χ3v) is 9.79. The number of carboxylic acid groups (broad SMARTS) is 1. The molecule has 3 aromatic carbocycles. The van der Waals surface area contributed by atoms with E-state index in [1.165, 1.54) is 25.7 Å². The van der Waals surface area contributed by atoms with Gasteiger partial charge in [0.2, 0.25) is 5.91 Å². The van der Waals surface area contributed by atoms with Crippen molar-refractivity contribution >= 4 is 11.9 Å². The number of benzene rings is 3. The number of aliphatic carboxylic acids is 1. The normalized spacial score (nSPS) is 19.6. The Morgan fingerprint density at radius 3 is 2.27 bits per heavy atom. The summed E-state index contributed by atoms with van der Waals surface area (Å²) in [6.07, 6.45) is 10.7. The zero-order valence-electron chi connectivity index (χ0n) is 28.6. The first kappa shape index (κ1) is 36.5. The summed E-state index contributed by atoms with van der Waals surface area (Å²) in [7, 11) is 0. The fourth-order valence-corrected chi connectivity index (χ4v) is 7.08. The van der Waals surface area contributed by atoms with Crippen LogP contribution in [0.25, 0.3) is 11.1 Å². The lowest BCUT2D eigenvalue weighted by Gasteiger charge is -2.39. The number of aliphatic hydroxyl groups is 1. The van der Waals surface area contributed by atoms with Crippen molar-refractivity contribution in [2.24, 2.45) is 0 Å². The summed E-state index contributed by atoms with van der Waals surface area (Å²) in [5.41, 5.74) is 6.06. The number of nitrogens with zero attached hydrogens (tertiary/aromatic N) is 1. The van der Waals surface area contributed by atoms with Gasteiger partial charge in [0.05, 0.1) is 18.8 Å². The molecule has 2 aliphatic rings. The van der Waals surface area contributed by atoms with Gasteiger partial charge in [-0.15, -0.1) is 6.58 Å². The highest BCUT2D eigenvalue weighted by Gasteiger charge is 2.34. The van der Waals surface area contributed by atoms with Crippen molar-refractivity contribution in [3.8, 4) is 11.1 Å². The quantitative estimate of drug-likeness (QED) is 0.0936. The summed E-state index contributed by atoms with van der Waals surface area (Å²) >= 11 is 0. The summed E-state index contributed by atoms with van der Waals surface area (Å²) in [5.74, 6) is -0.768. The van der Waals surface area contributed by atoms with Gasteiger partial charge in [0.15, 0.2) is 6.29 Å². The third-order valence-electron chi connectivity index (χ3n) is 9.79. The number of hydrogen-bond donors (Lipinski definition) is 3. The fraction of sp³-hybridized carbons (Fsp3) is 0.463. The largest absolute Gasteiger partial charge is 0.481 e.